The normalized spacial score (nSPS) is 27.1. The summed E-state index contributed by atoms with van der Waals surface area (Å²) >= 11 is 0. The standard InChI is InChI=1S/C20H31N5O4/c1-20(2,3)29-19(27)21-16-6-8-25-17(23(4)18(16)26)9-13(22-25)5-7-24-11-15-10-14(24)12-28-15/h9,14-16H,5-8,10-12H2,1-4H3,(H,21,27). The molecule has 29 heavy (non-hydrogen) atoms. The summed E-state index contributed by atoms with van der Waals surface area (Å²) in [6, 6.07) is 1.91. The molecule has 0 aromatic carbocycles. The Morgan fingerprint density at radius 3 is 2.86 bits per heavy atom. The SMILES string of the molecule is CN1C(=O)C(NC(=O)OC(C)(C)C)CCn2nc(CCN3CC4CC3CO4)cc21. The van der Waals surface area contributed by atoms with Crippen LogP contribution < -0.4 is 10.2 Å². The zero-order chi connectivity index (χ0) is 20.8. The molecule has 1 N–H and O–H groups in total. The van der Waals surface area contributed by atoms with Crippen LogP contribution in [0.3, 0.4) is 0 Å². The molecule has 9 nitrogen and oxygen atoms in total. The van der Waals surface area contributed by atoms with Crippen LogP contribution in [0.15, 0.2) is 6.07 Å². The molecule has 3 aliphatic rings. The number of hydrogen-bond acceptors (Lipinski definition) is 6. The maximum absolute atomic E-state index is 12.9. The first-order valence-corrected chi connectivity index (χ1v) is 10.4. The van der Waals surface area contributed by atoms with Crippen molar-refractivity contribution in [1.82, 2.24) is 20.0 Å². The number of hydrogen-bond donors (Lipinski definition) is 1. The lowest BCUT2D eigenvalue weighted by Crippen LogP contribution is -2.48. The van der Waals surface area contributed by atoms with E-state index in [-0.39, 0.29) is 5.91 Å². The Bertz CT molecular complexity index is 786. The van der Waals surface area contributed by atoms with Crippen LogP contribution in [0.5, 0.6) is 0 Å². The van der Waals surface area contributed by atoms with E-state index < -0.39 is 17.7 Å². The van der Waals surface area contributed by atoms with Gasteiger partial charge in [-0.05, 0) is 33.6 Å². The molecule has 0 spiro atoms. The van der Waals surface area contributed by atoms with Gasteiger partial charge in [0.15, 0.2) is 0 Å². The average Bonchev–Trinajstić information content (AvgIpc) is 3.34. The maximum Gasteiger partial charge on any atom is 0.408 e. The van der Waals surface area contributed by atoms with Crippen molar-refractivity contribution in [3.05, 3.63) is 11.8 Å². The zero-order valence-corrected chi connectivity index (χ0v) is 17.7. The molecule has 3 unspecified atom stereocenters. The monoisotopic (exact) mass is 405 g/mol. The van der Waals surface area contributed by atoms with Gasteiger partial charge in [-0.1, -0.05) is 0 Å². The van der Waals surface area contributed by atoms with Crippen LogP contribution >= 0.6 is 0 Å². The number of nitrogens with zero attached hydrogens (tertiary/aromatic N) is 4. The van der Waals surface area contributed by atoms with E-state index in [9.17, 15) is 9.59 Å². The summed E-state index contributed by atoms with van der Waals surface area (Å²) in [6.07, 6.45) is 2.29. The Kier molecular flexibility index (Phi) is 5.29. The van der Waals surface area contributed by atoms with Crippen LogP contribution in [0.2, 0.25) is 0 Å². The molecule has 0 aliphatic carbocycles. The second-order valence-electron chi connectivity index (χ2n) is 9.19. The lowest BCUT2D eigenvalue weighted by Gasteiger charge is -2.26. The molecule has 0 radical (unpaired) electrons. The molecule has 9 heteroatoms. The summed E-state index contributed by atoms with van der Waals surface area (Å²) in [7, 11) is 1.73. The van der Waals surface area contributed by atoms with Crippen molar-refractivity contribution in [2.24, 2.45) is 0 Å². The minimum absolute atomic E-state index is 0.157. The second-order valence-corrected chi connectivity index (χ2v) is 9.19. The lowest BCUT2D eigenvalue weighted by molar-refractivity contribution is -0.120. The number of aromatic nitrogens is 2. The summed E-state index contributed by atoms with van der Waals surface area (Å²) in [5.41, 5.74) is 0.383. The minimum atomic E-state index is -0.625. The van der Waals surface area contributed by atoms with Crippen LogP contribution in [0, 0.1) is 0 Å². The highest BCUT2D eigenvalue weighted by Gasteiger charge is 2.38. The number of fused-ring (bicyclic) bond motifs is 3. The zero-order valence-electron chi connectivity index (χ0n) is 17.7. The summed E-state index contributed by atoms with van der Waals surface area (Å²) in [5.74, 6) is 0.611. The molecular formula is C20H31N5O4. The number of alkyl carbamates (subject to hydrolysis) is 1. The molecule has 0 saturated carbocycles. The third-order valence-electron chi connectivity index (χ3n) is 5.77. The Morgan fingerprint density at radius 1 is 1.41 bits per heavy atom. The smallest absolute Gasteiger partial charge is 0.408 e. The highest BCUT2D eigenvalue weighted by atomic mass is 16.6. The van der Waals surface area contributed by atoms with Gasteiger partial charge in [0.1, 0.15) is 17.5 Å². The fraction of sp³-hybridized carbons (Fsp3) is 0.750. The van der Waals surface area contributed by atoms with Gasteiger partial charge in [-0.3, -0.25) is 14.6 Å². The Labute approximate surface area is 171 Å². The third-order valence-corrected chi connectivity index (χ3v) is 5.77. The highest BCUT2D eigenvalue weighted by molar-refractivity contribution is 5.98. The molecular weight excluding hydrogens is 374 g/mol. The molecule has 2 bridgehead atoms. The molecule has 1 aromatic rings. The van der Waals surface area contributed by atoms with E-state index in [0.717, 1.165) is 44.0 Å². The fourth-order valence-electron chi connectivity index (χ4n) is 4.33. The van der Waals surface area contributed by atoms with Crippen LogP contribution in [0.25, 0.3) is 0 Å². The van der Waals surface area contributed by atoms with Crippen molar-refractivity contribution in [1.29, 1.82) is 0 Å². The quantitative estimate of drug-likeness (QED) is 0.809. The molecule has 2 saturated heterocycles. The second kappa shape index (κ2) is 7.60. The maximum atomic E-state index is 12.9. The lowest BCUT2D eigenvalue weighted by atomic mass is 10.2. The van der Waals surface area contributed by atoms with Gasteiger partial charge in [0.25, 0.3) is 5.91 Å². The van der Waals surface area contributed by atoms with E-state index in [1.54, 1.807) is 32.7 Å². The van der Waals surface area contributed by atoms with E-state index in [2.05, 4.69) is 10.2 Å². The molecule has 4 heterocycles. The number of carbonyl (C=O) groups is 2. The molecule has 1 aromatic heterocycles. The van der Waals surface area contributed by atoms with E-state index >= 15 is 0 Å². The van der Waals surface area contributed by atoms with Gasteiger partial charge in [-0.2, -0.15) is 5.10 Å². The van der Waals surface area contributed by atoms with E-state index in [1.807, 2.05) is 10.7 Å². The number of anilines is 1. The number of rotatable bonds is 4. The molecule has 160 valence electrons. The van der Waals surface area contributed by atoms with Crippen molar-refractivity contribution in [2.45, 2.75) is 70.4 Å². The Balaban J connectivity index is 1.36. The van der Waals surface area contributed by atoms with Crippen molar-refractivity contribution >= 4 is 17.8 Å². The van der Waals surface area contributed by atoms with Crippen LogP contribution in [0.1, 0.15) is 39.3 Å². The molecule has 3 aliphatic heterocycles. The van der Waals surface area contributed by atoms with E-state index in [1.165, 1.54) is 0 Å². The summed E-state index contributed by atoms with van der Waals surface area (Å²) in [6.45, 7) is 8.76. The largest absolute Gasteiger partial charge is 0.444 e. The summed E-state index contributed by atoms with van der Waals surface area (Å²) in [4.78, 5) is 29.0. The number of nitrogens with one attached hydrogen (secondary N) is 1. The number of amides is 2. The number of ether oxygens (including phenoxy) is 2. The van der Waals surface area contributed by atoms with Gasteiger partial charge >= 0.3 is 6.09 Å². The van der Waals surface area contributed by atoms with Crippen LogP contribution in [-0.2, 0) is 27.2 Å². The van der Waals surface area contributed by atoms with E-state index in [4.69, 9.17) is 14.6 Å². The number of likely N-dealkylation sites (tertiary alicyclic amines) is 1. The summed E-state index contributed by atoms with van der Waals surface area (Å²) < 4.78 is 12.8. The molecule has 2 fully saturated rings. The predicted molar refractivity (Wildman–Crippen MR) is 107 cm³/mol. The topological polar surface area (TPSA) is 88.9 Å². The van der Waals surface area contributed by atoms with Gasteiger partial charge in [0, 0.05) is 45.2 Å². The molecule has 4 rings (SSSR count). The van der Waals surface area contributed by atoms with Gasteiger partial charge in [-0.15, -0.1) is 0 Å². The molecule has 3 atom stereocenters. The minimum Gasteiger partial charge on any atom is -0.444 e. The van der Waals surface area contributed by atoms with Crippen molar-refractivity contribution in [2.75, 3.05) is 31.6 Å². The number of aryl methyl sites for hydroxylation is 1. The summed E-state index contributed by atoms with van der Waals surface area (Å²) in [5, 5.41) is 7.41. The first-order valence-electron chi connectivity index (χ1n) is 10.4. The van der Waals surface area contributed by atoms with Gasteiger partial charge in [0.2, 0.25) is 0 Å². The molecule has 2 amide bonds. The number of morpholine rings is 1. The van der Waals surface area contributed by atoms with E-state index in [0.29, 0.717) is 25.1 Å². The fourth-order valence-corrected chi connectivity index (χ4v) is 4.33. The van der Waals surface area contributed by atoms with Gasteiger partial charge in [0.05, 0.1) is 18.4 Å². The Morgan fingerprint density at radius 2 is 2.21 bits per heavy atom. The van der Waals surface area contributed by atoms with Crippen molar-refractivity contribution in [3.8, 4) is 0 Å². The van der Waals surface area contributed by atoms with Crippen molar-refractivity contribution in [3.63, 3.8) is 0 Å². The first-order chi connectivity index (χ1) is 13.7. The third kappa shape index (κ3) is 4.40. The number of carbonyl (C=O) groups excluding carboxylic acids is 2. The van der Waals surface area contributed by atoms with Gasteiger partial charge < -0.3 is 14.8 Å². The highest BCUT2D eigenvalue weighted by Crippen LogP contribution is 2.28. The van der Waals surface area contributed by atoms with Crippen LogP contribution in [0.4, 0.5) is 10.6 Å². The van der Waals surface area contributed by atoms with Crippen LogP contribution in [-0.4, -0.2) is 77.2 Å². The van der Waals surface area contributed by atoms with Crippen molar-refractivity contribution < 1.29 is 19.1 Å². The Hall–Kier alpha value is -2.13. The first kappa shape index (κ1) is 20.2. The average molecular weight is 405 g/mol. The van der Waals surface area contributed by atoms with Gasteiger partial charge in [-0.25, -0.2) is 9.48 Å². The predicted octanol–water partition coefficient (Wildman–Crippen LogP) is 1.16. The number of likely N-dealkylation sites (N-methyl/N-ethyl adjacent to an activating group) is 1.